The summed E-state index contributed by atoms with van der Waals surface area (Å²) < 4.78 is 39.5. The van der Waals surface area contributed by atoms with Crippen LogP contribution >= 0.6 is 12.4 Å². The highest BCUT2D eigenvalue weighted by atomic mass is 35.5. The van der Waals surface area contributed by atoms with E-state index in [4.69, 9.17) is 0 Å². The molecule has 28 heavy (non-hydrogen) atoms. The third-order valence-corrected chi connectivity index (χ3v) is 4.79. The van der Waals surface area contributed by atoms with Crippen molar-refractivity contribution in [2.24, 2.45) is 0 Å². The Balaban J connectivity index is 0.00000280. The van der Waals surface area contributed by atoms with E-state index in [-0.39, 0.29) is 18.0 Å². The maximum atomic E-state index is 13.2. The van der Waals surface area contributed by atoms with Crippen LogP contribution in [0.5, 0.6) is 0 Å². The highest BCUT2D eigenvalue weighted by Gasteiger charge is 2.36. The lowest BCUT2D eigenvalue weighted by atomic mass is 10.1. The number of pyridine rings is 1. The van der Waals surface area contributed by atoms with E-state index in [1.165, 1.54) is 10.5 Å². The molecule has 0 radical (unpaired) electrons. The third kappa shape index (κ3) is 5.69. The van der Waals surface area contributed by atoms with E-state index in [1.807, 2.05) is 18.2 Å². The van der Waals surface area contributed by atoms with Crippen LogP contribution in [0.4, 0.5) is 13.2 Å². The number of rotatable bonds is 4. The Morgan fingerprint density at radius 1 is 1.04 bits per heavy atom. The van der Waals surface area contributed by atoms with Gasteiger partial charge in [-0.2, -0.15) is 13.2 Å². The van der Waals surface area contributed by atoms with E-state index in [0.29, 0.717) is 19.6 Å². The molecule has 1 aliphatic rings. The van der Waals surface area contributed by atoms with Gasteiger partial charge < -0.3 is 9.80 Å². The molecule has 0 N–H and O–H groups in total. The Kier molecular flexibility index (Phi) is 7.83. The van der Waals surface area contributed by atoms with Crippen molar-refractivity contribution in [2.75, 3.05) is 32.7 Å². The number of nitrogens with zero attached hydrogens (tertiary/aromatic N) is 3. The van der Waals surface area contributed by atoms with Gasteiger partial charge in [-0.1, -0.05) is 30.3 Å². The number of aromatic nitrogens is 1. The van der Waals surface area contributed by atoms with E-state index < -0.39 is 17.6 Å². The van der Waals surface area contributed by atoms with Gasteiger partial charge in [-0.25, -0.2) is 0 Å². The van der Waals surface area contributed by atoms with Crippen LogP contribution in [0.25, 0.3) is 0 Å². The van der Waals surface area contributed by atoms with E-state index in [9.17, 15) is 18.0 Å². The standard InChI is InChI=1S/C20H22F3N3O.ClH/c21-20(22,23)18-7-9-24-15-17(18)19(27)26-11-4-10-25(13-14-26)12-8-16-5-2-1-3-6-16;/h1-3,5-7,9,15H,4,8,10-14H2;1H. The minimum Gasteiger partial charge on any atom is -0.337 e. The highest BCUT2D eigenvalue weighted by molar-refractivity contribution is 5.95. The van der Waals surface area contributed by atoms with Crippen molar-refractivity contribution in [1.82, 2.24) is 14.8 Å². The van der Waals surface area contributed by atoms with E-state index in [0.717, 1.165) is 44.4 Å². The number of carbonyl (C=O) groups excluding carboxylic acids is 1. The third-order valence-electron chi connectivity index (χ3n) is 4.79. The fraction of sp³-hybridized carbons (Fsp3) is 0.400. The maximum absolute atomic E-state index is 13.2. The molecule has 0 atom stereocenters. The molecule has 3 rings (SSSR count). The SMILES string of the molecule is Cl.O=C(c1cnccc1C(F)(F)F)N1CCCN(CCc2ccccc2)CC1. The Bertz CT molecular complexity index is 771. The first-order valence-electron chi connectivity index (χ1n) is 9.02. The lowest BCUT2D eigenvalue weighted by molar-refractivity contribution is -0.138. The fourth-order valence-corrected chi connectivity index (χ4v) is 3.31. The Morgan fingerprint density at radius 3 is 2.50 bits per heavy atom. The number of amides is 1. The minimum atomic E-state index is -4.57. The second-order valence-electron chi connectivity index (χ2n) is 6.64. The van der Waals surface area contributed by atoms with Gasteiger partial charge in [0.1, 0.15) is 0 Å². The van der Waals surface area contributed by atoms with Crippen LogP contribution in [0.1, 0.15) is 27.9 Å². The monoisotopic (exact) mass is 413 g/mol. The highest BCUT2D eigenvalue weighted by Crippen LogP contribution is 2.32. The number of hydrogen-bond donors (Lipinski definition) is 0. The zero-order valence-corrected chi connectivity index (χ0v) is 16.2. The molecule has 1 amide bonds. The summed E-state index contributed by atoms with van der Waals surface area (Å²) in [6.45, 7) is 3.22. The van der Waals surface area contributed by atoms with Gasteiger partial charge in [-0.05, 0) is 31.0 Å². The molecule has 0 bridgehead atoms. The molecule has 1 aliphatic heterocycles. The van der Waals surface area contributed by atoms with Crippen LogP contribution in [0.2, 0.25) is 0 Å². The average Bonchev–Trinajstić information content (AvgIpc) is 2.92. The van der Waals surface area contributed by atoms with Crippen molar-refractivity contribution < 1.29 is 18.0 Å². The molecule has 2 aromatic rings. The van der Waals surface area contributed by atoms with Crippen LogP contribution in [0.3, 0.4) is 0 Å². The maximum Gasteiger partial charge on any atom is 0.417 e. The summed E-state index contributed by atoms with van der Waals surface area (Å²) in [6, 6.07) is 11.0. The summed E-state index contributed by atoms with van der Waals surface area (Å²) in [5.41, 5.74) is -0.0460. The van der Waals surface area contributed by atoms with Crippen molar-refractivity contribution in [3.05, 3.63) is 65.5 Å². The Morgan fingerprint density at radius 2 is 1.79 bits per heavy atom. The summed E-state index contributed by atoms with van der Waals surface area (Å²) in [6.07, 6.45) is -0.837. The van der Waals surface area contributed by atoms with Crippen LogP contribution in [-0.4, -0.2) is 53.4 Å². The molecular weight excluding hydrogens is 391 g/mol. The number of carbonyl (C=O) groups is 1. The molecule has 0 spiro atoms. The second-order valence-corrected chi connectivity index (χ2v) is 6.64. The lowest BCUT2D eigenvalue weighted by Gasteiger charge is -2.23. The van der Waals surface area contributed by atoms with Crippen molar-refractivity contribution in [1.29, 1.82) is 0 Å². The van der Waals surface area contributed by atoms with Gasteiger partial charge in [0.15, 0.2) is 0 Å². The number of hydrogen-bond acceptors (Lipinski definition) is 3. The molecule has 1 aromatic heterocycles. The molecule has 0 unspecified atom stereocenters. The molecule has 2 heterocycles. The Labute approximate surface area is 168 Å². The molecule has 1 fully saturated rings. The van der Waals surface area contributed by atoms with Crippen LogP contribution in [0.15, 0.2) is 48.8 Å². The van der Waals surface area contributed by atoms with E-state index >= 15 is 0 Å². The van der Waals surface area contributed by atoms with Crippen molar-refractivity contribution in [3.63, 3.8) is 0 Å². The first-order chi connectivity index (χ1) is 12.9. The predicted molar refractivity (Wildman–Crippen MR) is 104 cm³/mol. The zero-order chi connectivity index (χ0) is 19.3. The summed E-state index contributed by atoms with van der Waals surface area (Å²) in [5, 5.41) is 0. The van der Waals surface area contributed by atoms with Crippen LogP contribution < -0.4 is 0 Å². The largest absolute Gasteiger partial charge is 0.417 e. The number of alkyl halides is 3. The topological polar surface area (TPSA) is 36.4 Å². The van der Waals surface area contributed by atoms with Crippen molar-refractivity contribution in [3.8, 4) is 0 Å². The summed E-state index contributed by atoms with van der Waals surface area (Å²) >= 11 is 0. The quantitative estimate of drug-likeness (QED) is 0.762. The van der Waals surface area contributed by atoms with Gasteiger partial charge in [0, 0.05) is 38.6 Å². The molecule has 0 aliphatic carbocycles. The molecule has 1 aromatic carbocycles. The van der Waals surface area contributed by atoms with Crippen LogP contribution in [-0.2, 0) is 12.6 Å². The van der Waals surface area contributed by atoms with Gasteiger partial charge in [0.2, 0.25) is 0 Å². The van der Waals surface area contributed by atoms with Gasteiger partial charge in [0.05, 0.1) is 11.1 Å². The van der Waals surface area contributed by atoms with Gasteiger partial charge in [-0.15, -0.1) is 12.4 Å². The van der Waals surface area contributed by atoms with Gasteiger partial charge in [0.25, 0.3) is 5.91 Å². The van der Waals surface area contributed by atoms with Gasteiger partial charge in [-0.3, -0.25) is 9.78 Å². The fourth-order valence-electron chi connectivity index (χ4n) is 3.31. The normalized spacial score (nSPS) is 15.6. The lowest BCUT2D eigenvalue weighted by Crippen LogP contribution is -2.36. The van der Waals surface area contributed by atoms with Crippen molar-refractivity contribution >= 4 is 18.3 Å². The number of benzene rings is 1. The second kappa shape index (κ2) is 9.89. The zero-order valence-electron chi connectivity index (χ0n) is 15.4. The molecule has 0 saturated carbocycles. The summed E-state index contributed by atoms with van der Waals surface area (Å²) in [5.74, 6) is -0.597. The molecule has 1 saturated heterocycles. The van der Waals surface area contributed by atoms with Crippen molar-refractivity contribution in [2.45, 2.75) is 19.0 Å². The minimum absolute atomic E-state index is 0. The Hall–Kier alpha value is -2.12. The smallest absolute Gasteiger partial charge is 0.337 e. The predicted octanol–water partition coefficient (Wildman–Crippen LogP) is 3.91. The van der Waals surface area contributed by atoms with Crippen LogP contribution in [0, 0.1) is 0 Å². The van der Waals surface area contributed by atoms with E-state index in [1.54, 1.807) is 0 Å². The molecule has 152 valence electrons. The first kappa shape index (κ1) is 22.2. The van der Waals surface area contributed by atoms with E-state index in [2.05, 4.69) is 22.0 Å². The molecule has 4 nitrogen and oxygen atoms in total. The molecule has 8 heteroatoms. The average molecular weight is 414 g/mol. The van der Waals surface area contributed by atoms with Gasteiger partial charge >= 0.3 is 6.18 Å². The molecular formula is C20H23ClF3N3O. The number of halogens is 4. The summed E-state index contributed by atoms with van der Waals surface area (Å²) in [4.78, 5) is 20.2. The first-order valence-corrected chi connectivity index (χ1v) is 9.02. The summed E-state index contributed by atoms with van der Waals surface area (Å²) in [7, 11) is 0.